The van der Waals surface area contributed by atoms with Crippen molar-refractivity contribution in [2.75, 3.05) is 25.5 Å². The molecule has 0 spiro atoms. The molecular formula is C24H23N5O2. The molecule has 7 heteroatoms. The average Bonchev–Trinajstić information content (AvgIpc) is 3.49. The van der Waals surface area contributed by atoms with Crippen molar-refractivity contribution in [3.05, 3.63) is 66.5 Å². The summed E-state index contributed by atoms with van der Waals surface area (Å²) < 4.78 is 5.54. The van der Waals surface area contributed by atoms with Gasteiger partial charge in [0.25, 0.3) is 5.91 Å². The van der Waals surface area contributed by atoms with Gasteiger partial charge in [0, 0.05) is 29.6 Å². The van der Waals surface area contributed by atoms with Gasteiger partial charge in [-0.25, -0.2) is 4.98 Å². The van der Waals surface area contributed by atoms with Gasteiger partial charge in [-0.15, -0.1) is 0 Å². The first-order valence-corrected chi connectivity index (χ1v) is 10.4. The van der Waals surface area contributed by atoms with E-state index in [1.165, 1.54) is 0 Å². The second-order valence-electron chi connectivity index (χ2n) is 7.60. The number of carbonyl (C=O) groups is 1. The SMILES string of the molecule is COc1cc(C(=O)N2CCCC2)ccc1Nc1cncc(-c2cc3ccccc3[nH]2)n1. The Morgan fingerprint density at radius 2 is 1.94 bits per heavy atom. The largest absolute Gasteiger partial charge is 0.495 e. The van der Waals surface area contributed by atoms with Gasteiger partial charge in [-0.3, -0.25) is 9.78 Å². The lowest BCUT2D eigenvalue weighted by atomic mass is 10.1. The minimum Gasteiger partial charge on any atom is -0.495 e. The molecule has 156 valence electrons. The summed E-state index contributed by atoms with van der Waals surface area (Å²) in [5.41, 5.74) is 4.04. The number of para-hydroxylation sites is 1. The number of rotatable bonds is 5. The molecule has 0 saturated carbocycles. The van der Waals surface area contributed by atoms with Crippen LogP contribution < -0.4 is 10.1 Å². The maximum absolute atomic E-state index is 12.7. The lowest BCUT2D eigenvalue weighted by Gasteiger charge is -2.17. The Bertz CT molecular complexity index is 1210. The molecule has 2 N–H and O–H groups in total. The zero-order valence-corrected chi connectivity index (χ0v) is 17.3. The fourth-order valence-electron chi connectivity index (χ4n) is 3.94. The maximum Gasteiger partial charge on any atom is 0.253 e. The Morgan fingerprint density at radius 1 is 1.10 bits per heavy atom. The zero-order chi connectivity index (χ0) is 21.2. The van der Waals surface area contributed by atoms with E-state index in [0.717, 1.165) is 53.9 Å². The fraction of sp³-hybridized carbons (Fsp3) is 0.208. The average molecular weight is 413 g/mol. The van der Waals surface area contributed by atoms with Crippen LogP contribution in [0.4, 0.5) is 11.5 Å². The van der Waals surface area contributed by atoms with Crippen LogP contribution in [0.1, 0.15) is 23.2 Å². The summed E-state index contributed by atoms with van der Waals surface area (Å²) in [6.07, 6.45) is 5.52. The number of H-pyrrole nitrogens is 1. The number of carbonyl (C=O) groups excluding carboxylic acids is 1. The van der Waals surface area contributed by atoms with E-state index in [2.05, 4.69) is 27.4 Å². The van der Waals surface area contributed by atoms with Gasteiger partial charge in [0.2, 0.25) is 0 Å². The van der Waals surface area contributed by atoms with Crippen molar-refractivity contribution < 1.29 is 9.53 Å². The molecule has 0 aliphatic carbocycles. The normalized spacial score (nSPS) is 13.5. The number of methoxy groups -OCH3 is 1. The first-order valence-electron chi connectivity index (χ1n) is 10.4. The number of aromatic amines is 1. The van der Waals surface area contributed by atoms with Gasteiger partial charge in [-0.1, -0.05) is 18.2 Å². The highest BCUT2D eigenvalue weighted by molar-refractivity contribution is 5.95. The van der Waals surface area contributed by atoms with Crippen LogP contribution in [0.2, 0.25) is 0 Å². The smallest absolute Gasteiger partial charge is 0.253 e. The molecule has 1 amide bonds. The molecule has 1 fully saturated rings. The third kappa shape index (κ3) is 3.82. The number of nitrogens with one attached hydrogen (secondary N) is 2. The molecule has 5 rings (SSSR count). The number of ether oxygens (including phenoxy) is 1. The predicted molar refractivity (Wildman–Crippen MR) is 121 cm³/mol. The second-order valence-corrected chi connectivity index (χ2v) is 7.60. The fourth-order valence-corrected chi connectivity index (χ4v) is 3.94. The minimum absolute atomic E-state index is 0.0444. The first-order chi connectivity index (χ1) is 15.2. The van der Waals surface area contributed by atoms with Crippen LogP contribution in [0.15, 0.2) is 60.9 Å². The Kier molecular flexibility index (Phi) is 5.00. The molecule has 1 aliphatic heterocycles. The molecule has 1 aliphatic rings. The Balaban J connectivity index is 1.40. The van der Waals surface area contributed by atoms with Crippen molar-refractivity contribution in [1.82, 2.24) is 19.9 Å². The number of nitrogens with zero attached hydrogens (tertiary/aromatic N) is 3. The Hall–Kier alpha value is -3.87. The summed E-state index contributed by atoms with van der Waals surface area (Å²) >= 11 is 0. The topological polar surface area (TPSA) is 83.1 Å². The van der Waals surface area contributed by atoms with Crippen molar-refractivity contribution in [3.63, 3.8) is 0 Å². The van der Waals surface area contributed by atoms with Crippen LogP contribution in [0.5, 0.6) is 5.75 Å². The molecule has 0 radical (unpaired) electrons. The zero-order valence-electron chi connectivity index (χ0n) is 17.3. The van der Waals surface area contributed by atoms with Gasteiger partial charge in [-0.05, 0) is 43.2 Å². The quantitative estimate of drug-likeness (QED) is 0.499. The van der Waals surface area contributed by atoms with Crippen LogP contribution in [-0.4, -0.2) is 46.0 Å². The molecule has 7 nitrogen and oxygen atoms in total. The van der Waals surface area contributed by atoms with Crippen LogP contribution in [-0.2, 0) is 0 Å². The molecular weight excluding hydrogens is 390 g/mol. The number of aromatic nitrogens is 3. The monoisotopic (exact) mass is 413 g/mol. The van der Waals surface area contributed by atoms with E-state index in [-0.39, 0.29) is 5.91 Å². The van der Waals surface area contributed by atoms with Crippen molar-refractivity contribution in [2.24, 2.45) is 0 Å². The van der Waals surface area contributed by atoms with Crippen LogP contribution >= 0.6 is 0 Å². The number of hydrogen-bond acceptors (Lipinski definition) is 5. The molecule has 0 atom stereocenters. The maximum atomic E-state index is 12.7. The molecule has 2 aromatic carbocycles. The van der Waals surface area contributed by atoms with Crippen molar-refractivity contribution >= 4 is 28.3 Å². The third-order valence-corrected chi connectivity index (χ3v) is 5.54. The van der Waals surface area contributed by atoms with E-state index in [0.29, 0.717) is 17.1 Å². The number of benzene rings is 2. The standard InChI is InChI=1S/C24H23N5O2/c1-31-22-13-17(24(30)29-10-4-5-11-29)8-9-19(22)27-23-15-25-14-21(28-23)20-12-16-6-2-3-7-18(16)26-20/h2-3,6-9,12-15,26H,4-5,10-11H2,1H3,(H,27,28). The van der Waals surface area contributed by atoms with E-state index in [1.54, 1.807) is 25.6 Å². The first kappa shape index (κ1) is 19.1. The number of hydrogen-bond donors (Lipinski definition) is 2. The molecule has 1 saturated heterocycles. The van der Waals surface area contributed by atoms with Gasteiger partial charge in [0.15, 0.2) is 0 Å². The van der Waals surface area contributed by atoms with E-state index >= 15 is 0 Å². The highest BCUT2D eigenvalue weighted by Gasteiger charge is 2.20. The van der Waals surface area contributed by atoms with Crippen LogP contribution in [0, 0.1) is 0 Å². The summed E-state index contributed by atoms with van der Waals surface area (Å²) in [5.74, 6) is 1.22. The number of fused-ring (bicyclic) bond motifs is 1. The van der Waals surface area contributed by atoms with Crippen molar-refractivity contribution in [1.29, 1.82) is 0 Å². The lowest BCUT2D eigenvalue weighted by molar-refractivity contribution is 0.0792. The van der Waals surface area contributed by atoms with Crippen molar-refractivity contribution in [3.8, 4) is 17.1 Å². The van der Waals surface area contributed by atoms with Gasteiger partial charge in [-0.2, -0.15) is 0 Å². The van der Waals surface area contributed by atoms with E-state index in [4.69, 9.17) is 9.72 Å². The summed E-state index contributed by atoms with van der Waals surface area (Å²) in [6, 6.07) is 15.6. The Labute approximate surface area is 180 Å². The highest BCUT2D eigenvalue weighted by Crippen LogP contribution is 2.30. The summed E-state index contributed by atoms with van der Waals surface area (Å²) in [6.45, 7) is 1.63. The summed E-state index contributed by atoms with van der Waals surface area (Å²) in [7, 11) is 1.59. The molecule has 0 bridgehead atoms. The van der Waals surface area contributed by atoms with Gasteiger partial charge in [0.1, 0.15) is 17.3 Å². The van der Waals surface area contributed by atoms with E-state index in [1.807, 2.05) is 35.2 Å². The number of anilines is 2. The number of amides is 1. The molecule has 3 heterocycles. The van der Waals surface area contributed by atoms with E-state index < -0.39 is 0 Å². The second kappa shape index (κ2) is 8.10. The minimum atomic E-state index is 0.0444. The Morgan fingerprint density at radius 3 is 2.74 bits per heavy atom. The molecule has 0 unspecified atom stereocenters. The third-order valence-electron chi connectivity index (χ3n) is 5.54. The van der Waals surface area contributed by atoms with Crippen LogP contribution in [0.25, 0.3) is 22.3 Å². The van der Waals surface area contributed by atoms with Crippen LogP contribution in [0.3, 0.4) is 0 Å². The highest BCUT2D eigenvalue weighted by atomic mass is 16.5. The lowest BCUT2D eigenvalue weighted by Crippen LogP contribution is -2.27. The van der Waals surface area contributed by atoms with Gasteiger partial charge >= 0.3 is 0 Å². The summed E-state index contributed by atoms with van der Waals surface area (Å²) in [5, 5.41) is 4.39. The number of likely N-dealkylation sites (tertiary alicyclic amines) is 1. The summed E-state index contributed by atoms with van der Waals surface area (Å²) in [4.78, 5) is 27.0. The van der Waals surface area contributed by atoms with E-state index in [9.17, 15) is 4.79 Å². The molecule has 4 aromatic rings. The molecule has 2 aromatic heterocycles. The predicted octanol–water partition coefficient (Wildman–Crippen LogP) is 4.61. The van der Waals surface area contributed by atoms with Gasteiger partial charge < -0.3 is 19.9 Å². The van der Waals surface area contributed by atoms with Gasteiger partial charge in [0.05, 0.1) is 30.9 Å². The van der Waals surface area contributed by atoms with Crippen molar-refractivity contribution in [2.45, 2.75) is 12.8 Å². The molecule has 31 heavy (non-hydrogen) atoms.